The van der Waals surface area contributed by atoms with Crippen LogP contribution in [0.1, 0.15) is 0 Å². The van der Waals surface area contributed by atoms with E-state index in [1.807, 2.05) is 0 Å². The van der Waals surface area contributed by atoms with Crippen LogP contribution in [0.3, 0.4) is 0 Å². The van der Waals surface area contributed by atoms with Gasteiger partial charge < -0.3 is 22.6 Å². The molecule has 6 heteroatoms. The number of hydrogen-bond acceptors (Lipinski definition) is 0. The quantitative estimate of drug-likeness (QED) is 0.398. The van der Waals surface area contributed by atoms with Crippen LogP contribution < -0.4 is 51.4 Å². The molecule has 8 N–H and O–H groups in total. The number of nitrogens with two attached hydrogens (primary N) is 1. The largest absolute Gasteiger partial charge is 1.00 e. The minimum absolute atomic E-state index is 0. The summed E-state index contributed by atoms with van der Waals surface area (Å²) in [5, 5.41) is 0. The first-order valence-corrected chi connectivity index (χ1v) is 0. The first-order chi connectivity index (χ1) is 0. The maximum absolute atomic E-state index is 0. The van der Waals surface area contributed by atoms with Crippen molar-refractivity contribution in [2.24, 2.45) is 0 Å². The Kier molecular flexibility index (Phi) is 912. The molecule has 6 heavy (non-hydrogen) atoms. The Bertz CT molecular complexity index is 10.8. The summed E-state index contributed by atoms with van der Waals surface area (Å²) in [5.41, 5.74) is 0. The molecule has 0 aliphatic carbocycles. The number of rotatable bonds is 0. The van der Waals surface area contributed by atoms with Crippen LogP contribution in [0.2, 0.25) is 0 Å². The van der Waals surface area contributed by atoms with E-state index in [4.69, 9.17) is 0 Å². The molecule has 0 aromatic rings. The summed E-state index contributed by atoms with van der Waals surface area (Å²) in [4.78, 5) is 0. The molecule has 0 rings (SSSR count). The molecule has 0 aliphatic rings. The van der Waals surface area contributed by atoms with Crippen molar-refractivity contribution in [3.05, 3.63) is 6.15 Å². The molecule has 0 heterocycles. The molecule has 0 fully saturated rings. The van der Waals surface area contributed by atoms with E-state index in [2.05, 4.69) is 0 Å². The van der Waals surface area contributed by atoms with Gasteiger partial charge in [-0.3, -0.25) is 0 Å². The average molecular weight is 299 g/mol. The van der Waals surface area contributed by atoms with Crippen molar-refractivity contribution in [3.8, 4) is 0 Å². The third kappa shape index (κ3) is 35.8. The fourth-order valence-electron chi connectivity index (χ4n) is 0. The standard InChI is InChI=1S/K.H2N.3H2O.Os/h;4*1H2;/q+1;-1;;;;. The molecule has 0 amide bonds. The van der Waals surface area contributed by atoms with Crippen LogP contribution in [-0.2, 0) is 19.8 Å². The molecular formula is H8KNO3Os. The average Bonchev–Trinajstić information content (AvgIpc) is 0. The minimum Gasteiger partial charge on any atom is -0.693 e. The van der Waals surface area contributed by atoms with Crippen LogP contribution in [0.5, 0.6) is 0 Å². The third-order valence-electron chi connectivity index (χ3n) is 0. The van der Waals surface area contributed by atoms with E-state index >= 15 is 0 Å². The van der Waals surface area contributed by atoms with Gasteiger partial charge in [0.25, 0.3) is 0 Å². The van der Waals surface area contributed by atoms with E-state index in [-0.39, 0.29) is 93.8 Å². The van der Waals surface area contributed by atoms with E-state index in [0.717, 1.165) is 0 Å². The Morgan fingerprint density at radius 3 is 0.667 bits per heavy atom. The van der Waals surface area contributed by atoms with Crippen molar-refractivity contribution in [2.45, 2.75) is 0 Å². The predicted molar refractivity (Wildman–Crippen MR) is 16.1 cm³/mol. The van der Waals surface area contributed by atoms with Gasteiger partial charge in [-0.1, -0.05) is 0 Å². The second-order valence-electron chi connectivity index (χ2n) is 0. The van der Waals surface area contributed by atoms with Crippen molar-refractivity contribution < 1.29 is 87.6 Å². The summed E-state index contributed by atoms with van der Waals surface area (Å²) in [7, 11) is 0. The zero-order valence-corrected chi connectivity index (χ0v) is 9.09. The zero-order valence-electron chi connectivity index (χ0n) is 3.43. The molecule has 0 spiro atoms. The smallest absolute Gasteiger partial charge is 0.693 e. The van der Waals surface area contributed by atoms with Gasteiger partial charge in [-0.2, -0.15) is 0 Å². The fourth-order valence-corrected chi connectivity index (χ4v) is 0. The van der Waals surface area contributed by atoms with Gasteiger partial charge in [0, 0.05) is 19.8 Å². The normalized spacial score (nSPS) is 0. The molecule has 0 saturated carbocycles. The molecule has 0 atom stereocenters. The van der Waals surface area contributed by atoms with Crippen molar-refractivity contribution in [2.75, 3.05) is 0 Å². The van der Waals surface area contributed by atoms with Gasteiger partial charge in [0.2, 0.25) is 0 Å². The molecule has 40 valence electrons. The van der Waals surface area contributed by atoms with Gasteiger partial charge in [-0.05, 0) is 0 Å². The Morgan fingerprint density at radius 1 is 0.667 bits per heavy atom. The van der Waals surface area contributed by atoms with Gasteiger partial charge in [0.15, 0.2) is 0 Å². The predicted octanol–water partition coefficient (Wildman–Crippen LogP) is -4.76. The van der Waals surface area contributed by atoms with Gasteiger partial charge >= 0.3 is 51.4 Å². The molecule has 0 radical (unpaired) electrons. The van der Waals surface area contributed by atoms with Crippen LogP contribution in [0, 0.1) is 0 Å². The Labute approximate surface area is 92.0 Å². The third-order valence-corrected chi connectivity index (χ3v) is 0. The van der Waals surface area contributed by atoms with Crippen molar-refractivity contribution in [1.29, 1.82) is 0 Å². The van der Waals surface area contributed by atoms with Crippen LogP contribution in [0.25, 0.3) is 6.15 Å². The summed E-state index contributed by atoms with van der Waals surface area (Å²) >= 11 is 0. The zero-order chi connectivity index (χ0) is 0. The van der Waals surface area contributed by atoms with Crippen molar-refractivity contribution >= 4 is 0 Å². The molecular weight excluding hydrogens is 291 g/mol. The topological polar surface area (TPSA) is 128 Å². The van der Waals surface area contributed by atoms with Gasteiger partial charge in [-0.25, -0.2) is 0 Å². The van der Waals surface area contributed by atoms with Crippen molar-refractivity contribution in [1.82, 2.24) is 0 Å². The van der Waals surface area contributed by atoms with Crippen LogP contribution in [0.15, 0.2) is 0 Å². The molecule has 0 aromatic heterocycles. The SMILES string of the molecule is O.O.O.[K+].[NH2-].[Os]. The van der Waals surface area contributed by atoms with Gasteiger partial charge in [0.05, 0.1) is 0 Å². The Hall–Kier alpha value is 2.11. The van der Waals surface area contributed by atoms with E-state index in [0.29, 0.717) is 0 Å². The Balaban J connectivity index is 0. The Morgan fingerprint density at radius 2 is 0.667 bits per heavy atom. The molecule has 4 nitrogen and oxygen atoms in total. The van der Waals surface area contributed by atoms with E-state index < -0.39 is 0 Å². The van der Waals surface area contributed by atoms with E-state index in [9.17, 15) is 0 Å². The van der Waals surface area contributed by atoms with Gasteiger partial charge in [0.1, 0.15) is 0 Å². The summed E-state index contributed by atoms with van der Waals surface area (Å²) < 4.78 is 0. The summed E-state index contributed by atoms with van der Waals surface area (Å²) in [6, 6.07) is 0. The maximum Gasteiger partial charge on any atom is 1.00 e. The van der Waals surface area contributed by atoms with Gasteiger partial charge in [-0.15, -0.1) is 0 Å². The molecule has 0 unspecified atom stereocenters. The molecule has 0 aromatic carbocycles. The maximum atomic E-state index is 0. The van der Waals surface area contributed by atoms with E-state index in [1.54, 1.807) is 0 Å². The molecule has 0 aliphatic heterocycles. The second kappa shape index (κ2) is 59.5. The van der Waals surface area contributed by atoms with Crippen molar-refractivity contribution in [3.63, 3.8) is 0 Å². The van der Waals surface area contributed by atoms with Crippen LogP contribution >= 0.6 is 0 Å². The molecule has 0 saturated heterocycles. The summed E-state index contributed by atoms with van der Waals surface area (Å²) in [6.45, 7) is 0. The number of hydrogen-bond donors (Lipinski definition) is 0. The molecule has 0 bridgehead atoms. The summed E-state index contributed by atoms with van der Waals surface area (Å²) in [6.07, 6.45) is 0. The first-order valence-electron chi connectivity index (χ1n) is 0. The monoisotopic (exact) mass is 301 g/mol. The van der Waals surface area contributed by atoms with Crippen LogP contribution in [-0.4, -0.2) is 16.4 Å². The summed E-state index contributed by atoms with van der Waals surface area (Å²) in [5.74, 6) is 0. The first kappa shape index (κ1) is 92.0. The minimum atomic E-state index is 0. The second-order valence-corrected chi connectivity index (χ2v) is 0. The fraction of sp³-hybridized carbons (Fsp3) is 0. The van der Waals surface area contributed by atoms with E-state index in [1.165, 1.54) is 0 Å². The van der Waals surface area contributed by atoms with Crippen LogP contribution in [0.4, 0.5) is 0 Å².